The van der Waals surface area contributed by atoms with E-state index in [-0.39, 0.29) is 29.5 Å². The summed E-state index contributed by atoms with van der Waals surface area (Å²) < 4.78 is 14.3. The largest absolute Gasteiger partial charge is 0.330 e. The molecule has 0 atom stereocenters. The van der Waals surface area contributed by atoms with E-state index in [1.165, 1.54) is 6.07 Å². The highest BCUT2D eigenvalue weighted by molar-refractivity contribution is 5.96. The van der Waals surface area contributed by atoms with Crippen LogP contribution < -0.4 is 10.6 Å². The second kappa shape index (κ2) is 6.32. The van der Waals surface area contributed by atoms with Gasteiger partial charge in [-0.25, -0.2) is 4.39 Å². The summed E-state index contributed by atoms with van der Waals surface area (Å²) >= 11 is 0. The number of hydrogen-bond acceptors (Lipinski definition) is 2. The van der Waals surface area contributed by atoms with E-state index < -0.39 is 0 Å². The van der Waals surface area contributed by atoms with Gasteiger partial charge >= 0.3 is 0 Å². The molecule has 3 rings (SSSR count). The normalized spacial score (nSPS) is 18.7. The second-order valence-corrected chi connectivity index (χ2v) is 5.99. The second-order valence-electron chi connectivity index (χ2n) is 5.99. The number of fused-ring (bicyclic) bond motifs is 2. The Morgan fingerprint density at radius 1 is 1.33 bits per heavy atom. The van der Waals surface area contributed by atoms with Crippen molar-refractivity contribution in [2.24, 2.45) is 5.73 Å². The third-order valence-corrected chi connectivity index (χ3v) is 4.73. The summed E-state index contributed by atoms with van der Waals surface area (Å²) in [5.74, 6) is -0.0791. The van der Waals surface area contributed by atoms with Gasteiger partial charge in [-0.2, -0.15) is 0 Å². The quantitative estimate of drug-likeness (QED) is 0.932. The monoisotopic (exact) mass is 312 g/mol. The van der Waals surface area contributed by atoms with Crippen LogP contribution in [0.3, 0.4) is 0 Å². The summed E-state index contributed by atoms with van der Waals surface area (Å²) in [4.78, 5) is 14.2. The van der Waals surface area contributed by atoms with Crippen molar-refractivity contribution in [3.05, 3.63) is 29.6 Å². The molecule has 21 heavy (non-hydrogen) atoms. The number of carbonyl (C=O) groups is 1. The molecule has 2 aliphatic rings. The van der Waals surface area contributed by atoms with Crippen molar-refractivity contribution in [1.82, 2.24) is 0 Å². The number of hydrogen-bond donors (Lipinski definition) is 1. The molecule has 1 aromatic rings. The number of nitrogens with zero attached hydrogens (tertiary/aromatic N) is 1. The van der Waals surface area contributed by atoms with Gasteiger partial charge in [-0.3, -0.25) is 4.79 Å². The van der Waals surface area contributed by atoms with Crippen LogP contribution in [0.25, 0.3) is 0 Å². The van der Waals surface area contributed by atoms with Crippen LogP contribution in [0.15, 0.2) is 18.2 Å². The fraction of sp³-hybridized carbons (Fsp3) is 0.562. The van der Waals surface area contributed by atoms with Gasteiger partial charge in [0, 0.05) is 23.9 Å². The maximum Gasteiger partial charge on any atom is 0.227 e. The van der Waals surface area contributed by atoms with E-state index in [9.17, 15) is 9.18 Å². The van der Waals surface area contributed by atoms with Crippen molar-refractivity contribution in [3.8, 4) is 0 Å². The molecule has 116 valence electrons. The average molecular weight is 313 g/mol. The fourth-order valence-electron chi connectivity index (χ4n) is 3.80. The van der Waals surface area contributed by atoms with E-state index in [0.29, 0.717) is 25.9 Å². The third kappa shape index (κ3) is 2.67. The summed E-state index contributed by atoms with van der Waals surface area (Å²) in [6.07, 6.45) is 5.36. The van der Waals surface area contributed by atoms with Gasteiger partial charge in [-0.15, -0.1) is 12.4 Å². The van der Waals surface area contributed by atoms with Gasteiger partial charge in [0.1, 0.15) is 5.82 Å². The molecule has 1 aromatic carbocycles. The van der Waals surface area contributed by atoms with E-state index in [0.717, 1.165) is 36.9 Å². The van der Waals surface area contributed by atoms with Gasteiger partial charge in [0.15, 0.2) is 0 Å². The van der Waals surface area contributed by atoms with Gasteiger partial charge in [0.25, 0.3) is 0 Å². The van der Waals surface area contributed by atoms with Crippen LogP contribution in [-0.2, 0) is 10.2 Å². The molecule has 1 aliphatic carbocycles. The Hall–Kier alpha value is -1.13. The van der Waals surface area contributed by atoms with Crippen LogP contribution in [0.2, 0.25) is 0 Å². The topological polar surface area (TPSA) is 46.3 Å². The van der Waals surface area contributed by atoms with Gasteiger partial charge in [0.2, 0.25) is 5.91 Å². The Balaban J connectivity index is 0.00000161. The molecule has 1 aliphatic heterocycles. The number of carbonyl (C=O) groups excluding carboxylic acids is 1. The Bertz CT molecular complexity index is 529. The minimum absolute atomic E-state index is 0. The van der Waals surface area contributed by atoms with Crippen molar-refractivity contribution >= 4 is 24.0 Å². The van der Waals surface area contributed by atoms with Crippen molar-refractivity contribution < 1.29 is 9.18 Å². The van der Waals surface area contributed by atoms with Gasteiger partial charge in [-0.05, 0) is 37.9 Å². The summed E-state index contributed by atoms with van der Waals surface area (Å²) in [5.41, 5.74) is 6.90. The van der Waals surface area contributed by atoms with Gasteiger partial charge < -0.3 is 10.6 Å². The van der Waals surface area contributed by atoms with Crippen molar-refractivity contribution in [2.75, 3.05) is 18.0 Å². The number of anilines is 1. The van der Waals surface area contributed by atoms with E-state index in [4.69, 9.17) is 5.73 Å². The zero-order valence-electron chi connectivity index (χ0n) is 12.1. The molecule has 0 saturated heterocycles. The van der Waals surface area contributed by atoms with Crippen LogP contribution in [-0.4, -0.2) is 19.0 Å². The predicted molar refractivity (Wildman–Crippen MR) is 84.4 cm³/mol. The summed E-state index contributed by atoms with van der Waals surface area (Å²) in [6.45, 7) is 1.16. The first-order valence-electron chi connectivity index (χ1n) is 7.47. The van der Waals surface area contributed by atoms with E-state index >= 15 is 0 Å². The molecule has 1 saturated carbocycles. The lowest BCUT2D eigenvalue weighted by molar-refractivity contribution is -0.118. The van der Waals surface area contributed by atoms with Crippen LogP contribution in [0.1, 0.15) is 44.1 Å². The first-order valence-corrected chi connectivity index (χ1v) is 7.47. The third-order valence-electron chi connectivity index (χ3n) is 4.73. The molecule has 0 bridgehead atoms. The highest BCUT2D eigenvalue weighted by atomic mass is 35.5. The SMILES string of the molecule is Cl.NCCCC(=O)N1CC2(CCCC2)c2c(F)cccc21. The Labute approximate surface area is 131 Å². The zero-order valence-corrected chi connectivity index (χ0v) is 12.9. The highest BCUT2D eigenvalue weighted by Crippen LogP contribution is 2.51. The zero-order chi connectivity index (χ0) is 14.2. The maximum absolute atomic E-state index is 14.3. The number of amides is 1. The van der Waals surface area contributed by atoms with Crippen LogP contribution in [0, 0.1) is 5.82 Å². The van der Waals surface area contributed by atoms with E-state index in [1.807, 2.05) is 6.07 Å². The van der Waals surface area contributed by atoms with Crippen LogP contribution >= 0.6 is 12.4 Å². The number of benzene rings is 1. The van der Waals surface area contributed by atoms with Gasteiger partial charge in [-0.1, -0.05) is 18.9 Å². The molecular weight excluding hydrogens is 291 g/mol. The molecule has 5 heteroatoms. The molecular formula is C16H22ClFN2O. The molecule has 0 aromatic heterocycles. The van der Waals surface area contributed by atoms with Crippen LogP contribution in [0.5, 0.6) is 0 Å². The predicted octanol–water partition coefficient (Wildman–Crippen LogP) is 3.14. The number of rotatable bonds is 3. The van der Waals surface area contributed by atoms with Crippen molar-refractivity contribution in [1.29, 1.82) is 0 Å². The van der Waals surface area contributed by atoms with Crippen LogP contribution in [0.4, 0.5) is 10.1 Å². The molecule has 2 N–H and O–H groups in total. The first kappa shape index (κ1) is 16.2. The summed E-state index contributed by atoms with van der Waals surface area (Å²) in [7, 11) is 0. The number of halogens is 2. The molecule has 1 fully saturated rings. The van der Waals surface area contributed by atoms with Gasteiger partial charge in [0.05, 0.1) is 5.69 Å². The first-order chi connectivity index (χ1) is 9.68. The molecule has 0 unspecified atom stereocenters. The van der Waals surface area contributed by atoms with E-state index in [2.05, 4.69) is 0 Å². The summed E-state index contributed by atoms with van der Waals surface area (Å²) in [6, 6.07) is 5.10. The Kier molecular flexibility index (Phi) is 4.89. The molecule has 3 nitrogen and oxygen atoms in total. The maximum atomic E-state index is 14.3. The molecule has 1 heterocycles. The minimum Gasteiger partial charge on any atom is -0.330 e. The molecule has 1 spiro atoms. The minimum atomic E-state index is -0.154. The van der Waals surface area contributed by atoms with Crippen molar-refractivity contribution in [3.63, 3.8) is 0 Å². The Morgan fingerprint density at radius 2 is 2.05 bits per heavy atom. The lowest BCUT2D eigenvalue weighted by Crippen LogP contribution is -2.35. The molecule has 1 amide bonds. The lowest BCUT2D eigenvalue weighted by Gasteiger charge is -2.24. The number of nitrogens with two attached hydrogens (primary N) is 1. The molecule has 0 radical (unpaired) electrons. The average Bonchev–Trinajstić information content (AvgIpc) is 3.04. The Morgan fingerprint density at radius 3 is 2.71 bits per heavy atom. The lowest BCUT2D eigenvalue weighted by atomic mass is 9.80. The fourth-order valence-corrected chi connectivity index (χ4v) is 3.80. The smallest absolute Gasteiger partial charge is 0.227 e. The standard InChI is InChI=1S/C16H21FN2O.ClH/c17-12-5-3-6-13-15(12)16(8-1-2-9-16)11-19(13)14(20)7-4-10-18;/h3,5-6H,1-2,4,7-11,18H2;1H. The van der Waals surface area contributed by atoms with Crippen molar-refractivity contribution in [2.45, 2.75) is 43.9 Å². The van der Waals surface area contributed by atoms with E-state index in [1.54, 1.807) is 11.0 Å². The summed E-state index contributed by atoms with van der Waals surface area (Å²) in [5, 5.41) is 0. The highest BCUT2D eigenvalue weighted by Gasteiger charge is 2.47.